The smallest absolute Gasteiger partial charge is 0.306 e. The van der Waals surface area contributed by atoms with Crippen LogP contribution in [0.2, 0.25) is 0 Å². The highest BCUT2D eigenvalue weighted by Gasteiger charge is 2.38. The van der Waals surface area contributed by atoms with Crippen molar-refractivity contribution in [1.29, 1.82) is 0 Å². The van der Waals surface area contributed by atoms with Crippen molar-refractivity contribution in [3.05, 3.63) is 0 Å². The van der Waals surface area contributed by atoms with Crippen molar-refractivity contribution >= 4 is 163 Å². The van der Waals surface area contributed by atoms with Crippen molar-refractivity contribution in [1.82, 2.24) is 42.5 Å². The minimum atomic E-state index is -1.67. The number of carbonyl (C=O) groups excluding carboxylic acids is 12. The van der Waals surface area contributed by atoms with Crippen LogP contribution in [-0.4, -0.2) is 168 Å². The first-order valence-electron chi connectivity index (χ1n) is 26.9. The van der Waals surface area contributed by atoms with E-state index in [4.69, 9.17) is 18.9 Å². The Hall–Kier alpha value is -3.56. The van der Waals surface area contributed by atoms with Crippen LogP contribution in [0.1, 0.15) is 128 Å². The van der Waals surface area contributed by atoms with E-state index in [-0.39, 0.29) is 69.7 Å². The third-order valence-electron chi connectivity index (χ3n) is 10.9. The molecule has 8 N–H and O–H groups in total. The van der Waals surface area contributed by atoms with Gasteiger partial charge in [-0.2, -0.15) is 0 Å². The molecule has 0 saturated carbocycles. The summed E-state index contributed by atoms with van der Waals surface area (Å²) in [6, 6.07) is 0. The lowest BCUT2D eigenvalue weighted by molar-refractivity contribution is -0.170. The van der Waals surface area contributed by atoms with Gasteiger partial charge in [0.05, 0.1) is 25.7 Å². The van der Waals surface area contributed by atoms with Crippen molar-refractivity contribution in [2.24, 2.45) is 5.41 Å². The van der Waals surface area contributed by atoms with Gasteiger partial charge in [-0.3, -0.25) is 57.5 Å². The number of carbonyl (C=O) groups is 12. The summed E-state index contributed by atoms with van der Waals surface area (Å²) in [7, 11) is 0. The summed E-state index contributed by atoms with van der Waals surface area (Å²) in [6.07, 6.45) is 11.6. The zero-order chi connectivity index (χ0) is 60.2. The quantitative estimate of drug-likeness (QED) is 0.0118. The van der Waals surface area contributed by atoms with Crippen LogP contribution in [-0.2, 0) is 38.1 Å². The number of nitrogens with one attached hydrogen (secondary N) is 8. The number of unbranched alkanes of at least 4 members (excludes halogenated alkanes) is 12. The molecule has 0 aromatic heterocycles. The van der Waals surface area contributed by atoms with Crippen molar-refractivity contribution in [2.45, 2.75) is 128 Å². The molecule has 0 aliphatic carbocycles. The maximum absolute atomic E-state index is 13.2. The summed E-state index contributed by atoms with van der Waals surface area (Å²) in [5.41, 5.74) is -1.67. The Bertz CT molecular complexity index is 1640. The number of rotatable bonds is 48. The lowest BCUT2D eigenvalue weighted by Gasteiger charge is -2.31. The number of thiol groups is 4. The Morgan fingerprint density at radius 2 is 0.444 bits per heavy atom. The van der Waals surface area contributed by atoms with Crippen LogP contribution < -0.4 is 42.5 Å². The first-order chi connectivity index (χ1) is 38.8. The Morgan fingerprint density at radius 1 is 0.272 bits per heavy atom. The molecule has 0 aromatic rings. The molecular formula is C49H84N8O16S8. The van der Waals surface area contributed by atoms with E-state index in [2.05, 4.69) is 93.0 Å². The fourth-order valence-corrected chi connectivity index (χ4v) is 9.62. The molecular weight excluding hydrogens is 1210 g/mol. The maximum atomic E-state index is 13.2. The molecule has 0 aliphatic heterocycles. The standard InChI is InChI=1S/C49H84N8O16S8/c58-37(17-29-78-45(66)54-25-13-5-1-9-21-50-41(62)74)70-33-49(34-71-38(59)18-30-79-46(67)55-26-14-6-2-10-22-51-42(63)75,35-72-39(60)19-31-80-47(68)56-27-15-7-3-11-23-52-43(64)76)36-73-40(61)20-32-81-48(69)57-28-16-8-4-12-24-53-44(65)77/h1-36H2,(H,54,66)(H,55,67)(H,56,68)(H,57,69)(H2,50,62,74)(H2,51,63,75)(H2,52,64,76)(H2,53,65,77). The Balaban J connectivity index is 5.79. The van der Waals surface area contributed by atoms with Gasteiger partial charge in [-0.1, -0.05) is 149 Å². The lowest BCUT2D eigenvalue weighted by Crippen LogP contribution is -2.44. The van der Waals surface area contributed by atoms with Crippen LogP contribution in [0.3, 0.4) is 0 Å². The number of thioether (sulfide) groups is 4. The second-order valence-electron chi connectivity index (χ2n) is 18.0. The van der Waals surface area contributed by atoms with Crippen molar-refractivity contribution in [3.63, 3.8) is 0 Å². The van der Waals surface area contributed by atoms with Crippen LogP contribution >= 0.6 is 97.6 Å². The Morgan fingerprint density at radius 3 is 0.617 bits per heavy atom. The van der Waals surface area contributed by atoms with Crippen molar-refractivity contribution < 1.29 is 76.5 Å². The molecule has 81 heavy (non-hydrogen) atoms. The first-order valence-corrected chi connectivity index (χ1v) is 32.7. The summed E-state index contributed by atoms with van der Waals surface area (Å²) in [5, 5.41) is 18.5. The number of hydrogen-bond donors (Lipinski definition) is 12. The van der Waals surface area contributed by atoms with Gasteiger partial charge >= 0.3 is 23.9 Å². The summed E-state index contributed by atoms with van der Waals surface area (Å²) in [6.45, 7) is 1.31. The van der Waals surface area contributed by atoms with E-state index >= 15 is 0 Å². The van der Waals surface area contributed by atoms with Crippen LogP contribution in [0.25, 0.3) is 0 Å². The molecule has 0 spiro atoms. The van der Waals surface area contributed by atoms with E-state index in [9.17, 15) is 57.5 Å². The molecule has 8 amide bonds. The van der Waals surface area contributed by atoms with Gasteiger partial charge in [0, 0.05) is 75.4 Å². The SMILES string of the molecule is O=C(S)NCCCCCCNC(=O)SCCC(=O)OCC(COC(=O)CCSC(=O)NCCCCCCNC(=O)S)(COC(=O)CCSC(=O)NCCCCCCNC(=O)S)COC(=O)CCSC(=O)NCCCCCCNC(=O)S. The van der Waals surface area contributed by atoms with E-state index in [1.54, 1.807) is 0 Å². The molecule has 0 saturated heterocycles. The molecule has 32 heteroatoms. The molecule has 464 valence electrons. The van der Waals surface area contributed by atoms with Gasteiger partial charge in [0.25, 0.3) is 41.9 Å². The Kier molecular flexibility index (Phi) is 50.8. The molecule has 0 atom stereocenters. The minimum absolute atomic E-state index is 0.0363. The third kappa shape index (κ3) is 54.2. The van der Waals surface area contributed by atoms with Gasteiger partial charge in [-0.25, -0.2) is 0 Å². The highest BCUT2D eigenvalue weighted by molar-refractivity contribution is 8.14. The van der Waals surface area contributed by atoms with Crippen LogP contribution in [0, 0.1) is 5.41 Å². The van der Waals surface area contributed by atoms with Crippen LogP contribution in [0.15, 0.2) is 0 Å². The molecule has 0 fully saturated rings. The van der Waals surface area contributed by atoms with E-state index in [1.165, 1.54) is 0 Å². The monoisotopic (exact) mass is 1300 g/mol. The molecule has 0 aliphatic rings. The first kappa shape index (κ1) is 77.4. The average molecular weight is 1300 g/mol. The maximum Gasteiger partial charge on any atom is 0.306 e. The summed E-state index contributed by atoms with van der Waals surface area (Å²) < 4.78 is 22.5. The largest absolute Gasteiger partial charge is 0.465 e. The van der Waals surface area contributed by atoms with Gasteiger partial charge in [-0.05, 0) is 51.4 Å². The van der Waals surface area contributed by atoms with Gasteiger partial charge in [-0.15, -0.1) is 0 Å². The van der Waals surface area contributed by atoms with Crippen LogP contribution in [0.5, 0.6) is 0 Å². The highest BCUT2D eigenvalue weighted by Crippen LogP contribution is 2.24. The summed E-state index contributed by atoms with van der Waals surface area (Å²) >= 11 is 18.1. The number of amides is 8. The molecule has 0 unspecified atom stereocenters. The molecule has 24 nitrogen and oxygen atoms in total. The van der Waals surface area contributed by atoms with Gasteiger partial charge in [0.15, 0.2) is 0 Å². The topological polar surface area (TPSA) is 338 Å². The van der Waals surface area contributed by atoms with Crippen molar-refractivity contribution in [3.8, 4) is 0 Å². The summed E-state index contributed by atoms with van der Waals surface area (Å²) in [4.78, 5) is 146. The van der Waals surface area contributed by atoms with E-state index in [1.807, 2.05) is 0 Å². The number of hydrogen-bond acceptors (Lipinski definition) is 20. The predicted molar refractivity (Wildman–Crippen MR) is 332 cm³/mol. The summed E-state index contributed by atoms with van der Waals surface area (Å²) in [5.74, 6) is -2.93. The fourth-order valence-electron chi connectivity index (χ4n) is 6.54. The number of ether oxygens (including phenoxy) is 4. The zero-order valence-corrected chi connectivity index (χ0v) is 52.8. The second-order valence-corrected chi connectivity index (χ2v) is 23.9. The normalized spacial score (nSPS) is 10.8. The van der Waals surface area contributed by atoms with Crippen LogP contribution in [0.4, 0.5) is 38.4 Å². The third-order valence-corrected chi connectivity index (χ3v) is 14.8. The Labute approximate surface area is 514 Å². The van der Waals surface area contributed by atoms with Gasteiger partial charge in [0.1, 0.15) is 31.8 Å². The molecule has 0 radical (unpaired) electrons. The minimum Gasteiger partial charge on any atom is -0.465 e. The predicted octanol–water partition coefficient (Wildman–Crippen LogP) is 8.28. The number of esters is 4. The fraction of sp³-hybridized carbons (Fsp3) is 0.755. The van der Waals surface area contributed by atoms with Gasteiger partial charge < -0.3 is 61.5 Å². The van der Waals surface area contributed by atoms with Gasteiger partial charge in [0.2, 0.25) is 0 Å². The molecule has 0 bridgehead atoms. The highest BCUT2D eigenvalue weighted by atomic mass is 32.2. The molecule has 0 aromatic carbocycles. The zero-order valence-electron chi connectivity index (χ0n) is 45.9. The van der Waals surface area contributed by atoms with E-state index in [0.717, 1.165) is 124 Å². The van der Waals surface area contributed by atoms with Crippen molar-refractivity contribution in [2.75, 3.05) is 102 Å². The lowest BCUT2D eigenvalue weighted by atomic mass is 9.92. The molecule has 0 heterocycles. The second kappa shape index (κ2) is 53.2. The molecule has 0 rings (SSSR count). The van der Waals surface area contributed by atoms with E-state index < -0.39 is 76.7 Å². The average Bonchev–Trinajstić information content (AvgIpc) is 3.40. The van der Waals surface area contributed by atoms with E-state index in [0.29, 0.717) is 78.0 Å².